The number of ketones is 2. The first-order valence-corrected chi connectivity index (χ1v) is 13.5. The van der Waals surface area contributed by atoms with Crippen LogP contribution >= 0.6 is 0 Å². The van der Waals surface area contributed by atoms with E-state index in [1.165, 1.54) is 0 Å². The van der Waals surface area contributed by atoms with Crippen LogP contribution < -0.4 is 16.0 Å². The summed E-state index contributed by atoms with van der Waals surface area (Å²) in [6, 6.07) is 5.80. The summed E-state index contributed by atoms with van der Waals surface area (Å²) in [6.45, 7) is 2.76. The van der Waals surface area contributed by atoms with E-state index in [4.69, 9.17) is 5.73 Å². The predicted octanol–water partition coefficient (Wildman–Crippen LogP) is 2.44. The molecule has 0 radical (unpaired) electrons. The summed E-state index contributed by atoms with van der Waals surface area (Å²) in [5.41, 5.74) is 4.22. The van der Waals surface area contributed by atoms with E-state index in [9.17, 15) is 34.8 Å². The van der Waals surface area contributed by atoms with Gasteiger partial charge in [-0.1, -0.05) is 12.1 Å². The Kier molecular flexibility index (Phi) is 5.63. The number of primary amides is 1. The van der Waals surface area contributed by atoms with Crippen LogP contribution in [0.3, 0.4) is 0 Å². The number of phenols is 1. The van der Waals surface area contributed by atoms with Gasteiger partial charge in [-0.3, -0.25) is 14.4 Å². The number of rotatable bonds is 5. The first kappa shape index (κ1) is 26.3. The zero-order chi connectivity index (χ0) is 28.9. The maximum absolute atomic E-state index is 14.1. The highest BCUT2D eigenvalue weighted by Gasteiger charge is 2.59. The third-order valence-electron chi connectivity index (χ3n) is 9.24. The van der Waals surface area contributed by atoms with Gasteiger partial charge in [0.1, 0.15) is 22.8 Å². The molecule has 10 nitrogen and oxygen atoms in total. The minimum atomic E-state index is -2.58. The standard InChI is InChI=1S/C30H33N3O7/c1-29(6-7-29)32-12-13-4-5-16-17(8-13)24(35)21-18(23(16)33(2)3)10-14-9-15-11-19(34)22(28(31)39)27(38)30(15,40)26(37)20(14)25(21)36/h4-5,8,14-15,32,34-35,37,40H,6-7,9-12H2,1-3H3,(H2,31,39)/t14?,15-,30-/m0/s1. The third kappa shape index (κ3) is 3.59. The molecule has 6 rings (SSSR count). The third-order valence-corrected chi connectivity index (χ3v) is 9.24. The number of aromatic hydroxyl groups is 1. The van der Waals surface area contributed by atoms with Crippen molar-refractivity contribution in [1.29, 1.82) is 0 Å². The predicted molar refractivity (Wildman–Crippen MR) is 147 cm³/mol. The molecule has 0 bridgehead atoms. The number of anilines is 1. The number of nitrogens with one attached hydrogen (secondary N) is 1. The van der Waals surface area contributed by atoms with Crippen molar-refractivity contribution in [3.63, 3.8) is 0 Å². The molecule has 0 saturated heterocycles. The number of nitrogens with zero attached hydrogens (tertiary/aromatic N) is 1. The first-order chi connectivity index (χ1) is 18.8. The Morgan fingerprint density at radius 2 is 1.82 bits per heavy atom. The SMILES string of the molecule is CN(C)c1c2c(c(O)c3cc(CNC4(C)CC4)ccc13)C(=O)C1=C(O)[C@]3(O)C(=O)C(C(N)=O)=C(O)C[C@@H]3CC1C2. The second-order valence-corrected chi connectivity index (χ2v) is 12.1. The highest BCUT2D eigenvalue weighted by Crippen LogP contribution is 2.53. The molecule has 1 saturated carbocycles. The number of carbonyl (C=O) groups excluding carboxylic acids is 3. The lowest BCUT2D eigenvalue weighted by atomic mass is 9.60. The Morgan fingerprint density at radius 1 is 1.12 bits per heavy atom. The Balaban J connectivity index is 1.51. The fourth-order valence-electron chi connectivity index (χ4n) is 6.81. The van der Waals surface area contributed by atoms with E-state index < -0.39 is 52.0 Å². The molecule has 7 N–H and O–H groups in total. The Hall–Kier alpha value is -3.89. The summed E-state index contributed by atoms with van der Waals surface area (Å²) in [4.78, 5) is 41.0. The van der Waals surface area contributed by atoms with Gasteiger partial charge in [0, 0.05) is 60.6 Å². The zero-order valence-corrected chi connectivity index (χ0v) is 22.7. The van der Waals surface area contributed by atoms with Gasteiger partial charge in [-0.25, -0.2) is 0 Å². The average molecular weight is 548 g/mol. The summed E-state index contributed by atoms with van der Waals surface area (Å²) in [5, 5.41) is 49.5. The second kappa shape index (κ2) is 8.55. The fraction of sp³-hybridized carbons (Fsp3) is 0.433. The molecule has 0 heterocycles. The molecule has 0 aliphatic heterocycles. The maximum atomic E-state index is 14.1. The molecule has 1 amide bonds. The number of fused-ring (bicyclic) bond motifs is 4. The number of hydrogen-bond donors (Lipinski definition) is 6. The number of aliphatic hydroxyl groups is 3. The number of allylic oxidation sites excluding steroid dienone is 2. The molecule has 40 heavy (non-hydrogen) atoms. The van der Waals surface area contributed by atoms with Crippen LogP contribution in [0.2, 0.25) is 0 Å². The van der Waals surface area contributed by atoms with E-state index in [-0.39, 0.29) is 41.7 Å². The van der Waals surface area contributed by atoms with E-state index >= 15 is 0 Å². The van der Waals surface area contributed by atoms with E-state index in [0.717, 1.165) is 29.5 Å². The maximum Gasteiger partial charge on any atom is 0.255 e. The van der Waals surface area contributed by atoms with Crippen LogP contribution in [0.4, 0.5) is 5.69 Å². The fourth-order valence-corrected chi connectivity index (χ4v) is 6.81. The molecular formula is C30H33N3O7. The number of benzene rings is 2. The molecule has 0 spiro atoms. The van der Waals surface area contributed by atoms with Crippen LogP contribution in [0.1, 0.15) is 54.1 Å². The van der Waals surface area contributed by atoms with Gasteiger partial charge in [-0.15, -0.1) is 0 Å². The van der Waals surface area contributed by atoms with Crippen LogP contribution in [-0.2, 0) is 22.6 Å². The number of nitrogens with two attached hydrogens (primary N) is 1. The van der Waals surface area contributed by atoms with Gasteiger partial charge in [0.25, 0.3) is 5.91 Å². The van der Waals surface area contributed by atoms with Gasteiger partial charge in [0.2, 0.25) is 5.78 Å². The summed E-state index contributed by atoms with van der Waals surface area (Å²) >= 11 is 0. The Bertz CT molecular complexity index is 1600. The lowest BCUT2D eigenvalue weighted by molar-refractivity contribution is -0.144. The number of amides is 1. The first-order valence-electron chi connectivity index (χ1n) is 13.5. The molecule has 1 unspecified atom stereocenters. The molecular weight excluding hydrogens is 514 g/mol. The summed E-state index contributed by atoms with van der Waals surface area (Å²) in [5.74, 6) is -6.29. The van der Waals surface area contributed by atoms with Crippen LogP contribution in [-0.4, -0.2) is 63.1 Å². The largest absolute Gasteiger partial charge is 0.511 e. The summed E-state index contributed by atoms with van der Waals surface area (Å²) < 4.78 is 0. The van der Waals surface area contributed by atoms with Crippen molar-refractivity contribution in [2.45, 2.75) is 56.7 Å². The zero-order valence-electron chi connectivity index (χ0n) is 22.7. The molecule has 0 aromatic heterocycles. The van der Waals surface area contributed by atoms with Crippen molar-refractivity contribution in [2.75, 3.05) is 19.0 Å². The molecule has 2 aromatic carbocycles. The lowest BCUT2D eigenvalue weighted by Crippen LogP contribution is -2.57. The number of aliphatic hydroxyl groups excluding tert-OH is 2. The van der Waals surface area contributed by atoms with E-state index in [1.54, 1.807) is 0 Å². The van der Waals surface area contributed by atoms with Gasteiger partial charge in [-0.2, -0.15) is 0 Å². The van der Waals surface area contributed by atoms with Gasteiger partial charge in [-0.05, 0) is 55.7 Å². The van der Waals surface area contributed by atoms with Crippen LogP contribution in [0.5, 0.6) is 5.75 Å². The number of carbonyl (C=O) groups is 3. The van der Waals surface area contributed by atoms with E-state index in [2.05, 4.69) is 12.2 Å². The number of hydrogen-bond acceptors (Lipinski definition) is 9. The van der Waals surface area contributed by atoms with Crippen LogP contribution in [0, 0.1) is 11.8 Å². The van der Waals surface area contributed by atoms with Gasteiger partial charge >= 0.3 is 0 Å². The average Bonchev–Trinajstić information content (AvgIpc) is 3.62. The highest BCUT2D eigenvalue weighted by molar-refractivity contribution is 6.25. The van der Waals surface area contributed by atoms with Crippen LogP contribution in [0.25, 0.3) is 10.8 Å². The molecule has 2 aromatic rings. The minimum absolute atomic E-state index is 0.0205. The normalized spacial score (nSPS) is 26.9. The van der Waals surface area contributed by atoms with E-state index in [0.29, 0.717) is 17.5 Å². The van der Waals surface area contributed by atoms with Crippen molar-refractivity contribution < 1.29 is 34.8 Å². The molecule has 3 atom stereocenters. The molecule has 4 aliphatic rings. The van der Waals surface area contributed by atoms with E-state index in [1.807, 2.05) is 37.2 Å². The Morgan fingerprint density at radius 3 is 2.45 bits per heavy atom. The van der Waals surface area contributed by atoms with Crippen molar-refractivity contribution in [2.24, 2.45) is 17.6 Å². The van der Waals surface area contributed by atoms with Crippen LogP contribution in [0.15, 0.2) is 40.9 Å². The second-order valence-electron chi connectivity index (χ2n) is 12.1. The molecule has 10 heteroatoms. The summed E-state index contributed by atoms with van der Waals surface area (Å²) in [7, 11) is 3.72. The van der Waals surface area contributed by atoms with Gasteiger partial charge < -0.3 is 36.4 Å². The summed E-state index contributed by atoms with van der Waals surface area (Å²) in [6.07, 6.45) is 2.30. The van der Waals surface area contributed by atoms with Gasteiger partial charge in [0.05, 0.1) is 5.56 Å². The number of Topliss-reactive ketones (excluding diaryl/α,β-unsaturated/α-hetero) is 2. The lowest BCUT2D eigenvalue weighted by Gasteiger charge is -2.46. The van der Waals surface area contributed by atoms with Crippen molar-refractivity contribution in [3.05, 3.63) is 57.6 Å². The van der Waals surface area contributed by atoms with Crippen molar-refractivity contribution in [1.82, 2.24) is 5.32 Å². The molecule has 210 valence electrons. The monoisotopic (exact) mass is 547 g/mol. The Labute approximate surface area is 230 Å². The van der Waals surface area contributed by atoms with Crippen molar-refractivity contribution in [3.8, 4) is 5.75 Å². The topological polar surface area (TPSA) is 173 Å². The quantitative estimate of drug-likeness (QED) is 0.307. The smallest absolute Gasteiger partial charge is 0.255 e. The minimum Gasteiger partial charge on any atom is -0.511 e. The highest BCUT2D eigenvalue weighted by atomic mass is 16.3. The van der Waals surface area contributed by atoms with Crippen molar-refractivity contribution >= 4 is 33.9 Å². The molecule has 4 aliphatic carbocycles. The van der Waals surface area contributed by atoms with Gasteiger partial charge in [0.15, 0.2) is 11.4 Å². The number of phenolic OH excluding ortho intramolecular Hbond substituents is 1. The molecule has 1 fully saturated rings.